The SMILES string of the molecule is COc1cc(OC)c(OC)cc1CN1CC(C)NC(C)C1.Cl. The summed E-state index contributed by atoms with van der Waals surface area (Å²) >= 11 is 0. The third-order valence-electron chi connectivity index (χ3n) is 3.81. The highest BCUT2D eigenvalue weighted by Gasteiger charge is 2.22. The maximum absolute atomic E-state index is 5.50. The maximum atomic E-state index is 5.50. The van der Waals surface area contributed by atoms with Crippen molar-refractivity contribution in [1.29, 1.82) is 0 Å². The number of rotatable bonds is 5. The van der Waals surface area contributed by atoms with Crippen molar-refractivity contribution in [2.45, 2.75) is 32.5 Å². The van der Waals surface area contributed by atoms with E-state index in [0.717, 1.165) is 36.7 Å². The molecule has 1 aliphatic rings. The second kappa shape index (κ2) is 8.46. The predicted molar refractivity (Wildman–Crippen MR) is 90.7 cm³/mol. The van der Waals surface area contributed by atoms with E-state index in [1.54, 1.807) is 21.3 Å². The van der Waals surface area contributed by atoms with Gasteiger partial charge in [0.25, 0.3) is 0 Å². The van der Waals surface area contributed by atoms with E-state index in [0.29, 0.717) is 17.8 Å². The van der Waals surface area contributed by atoms with E-state index in [-0.39, 0.29) is 12.4 Å². The number of hydrogen-bond acceptors (Lipinski definition) is 5. The van der Waals surface area contributed by atoms with E-state index < -0.39 is 0 Å². The van der Waals surface area contributed by atoms with Crippen LogP contribution in [-0.2, 0) is 6.54 Å². The van der Waals surface area contributed by atoms with E-state index >= 15 is 0 Å². The Labute approximate surface area is 139 Å². The van der Waals surface area contributed by atoms with Gasteiger partial charge in [0.05, 0.1) is 21.3 Å². The fourth-order valence-electron chi connectivity index (χ4n) is 3.03. The van der Waals surface area contributed by atoms with Crippen molar-refractivity contribution in [2.75, 3.05) is 34.4 Å². The number of piperazine rings is 1. The monoisotopic (exact) mass is 330 g/mol. The van der Waals surface area contributed by atoms with Crippen molar-refractivity contribution in [3.8, 4) is 17.2 Å². The molecule has 1 fully saturated rings. The summed E-state index contributed by atoms with van der Waals surface area (Å²) < 4.78 is 16.2. The van der Waals surface area contributed by atoms with E-state index in [4.69, 9.17) is 14.2 Å². The van der Waals surface area contributed by atoms with Gasteiger partial charge in [0.1, 0.15) is 5.75 Å². The Morgan fingerprint density at radius 3 is 1.95 bits per heavy atom. The van der Waals surface area contributed by atoms with Crippen LogP contribution in [-0.4, -0.2) is 51.4 Å². The van der Waals surface area contributed by atoms with E-state index in [1.807, 2.05) is 12.1 Å². The summed E-state index contributed by atoms with van der Waals surface area (Å²) in [7, 11) is 4.98. The van der Waals surface area contributed by atoms with Crippen molar-refractivity contribution < 1.29 is 14.2 Å². The van der Waals surface area contributed by atoms with Crippen molar-refractivity contribution in [2.24, 2.45) is 0 Å². The summed E-state index contributed by atoms with van der Waals surface area (Å²) in [5.74, 6) is 2.27. The lowest BCUT2D eigenvalue weighted by molar-refractivity contribution is 0.165. The molecule has 5 nitrogen and oxygen atoms in total. The second-order valence-corrected chi connectivity index (χ2v) is 5.68. The molecular formula is C16H27ClN2O3. The molecule has 0 aliphatic carbocycles. The summed E-state index contributed by atoms with van der Waals surface area (Å²) in [5, 5.41) is 3.55. The van der Waals surface area contributed by atoms with Crippen molar-refractivity contribution in [1.82, 2.24) is 10.2 Å². The van der Waals surface area contributed by atoms with Gasteiger partial charge in [-0.05, 0) is 19.9 Å². The largest absolute Gasteiger partial charge is 0.496 e. The number of methoxy groups -OCH3 is 3. The van der Waals surface area contributed by atoms with Gasteiger partial charge in [-0.2, -0.15) is 0 Å². The molecule has 1 aliphatic heterocycles. The average Bonchev–Trinajstić information content (AvgIpc) is 2.45. The van der Waals surface area contributed by atoms with Crippen LogP contribution in [0.3, 0.4) is 0 Å². The van der Waals surface area contributed by atoms with Crippen LogP contribution >= 0.6 is 12.4 Å². The van der Waals surface area contributed by atoms with Gasteiger partial charge >= 0.3 is 0 Å². The molecule has 1 aromatic carbocycles. The molecule has 2 rings (SSSR count). The van der Waals surface area contributed by atoms with E-state index in [1.165, 1.54) is 0 Å². The van der Waals surface area contributed by atoms with Crippen LogP contribution in [0.15, 0.2) is 12.1 Å². The van der Waals surface area contributed by atoms with Gasteiger partial charge in [-0.1, -0.05) is 0 Å². The smallest absolute Gasteiger partial charge is 0.164 e. The Morgan fingerprint density at radius 1 is 0.955 bits per heavy atom. The minimum absolute atomic E-state index is 0. The number of halogens is 1. The first-order valence-corrected chi connectivity index (χ1v) is 7.34. The Bertz CT molecular complexity index is 475. The highest BCUT2D eigenvalue weighted by molar-refractivity contribution is 5.85. The quantitative estimate of drug-likeness (QED) is 0.897. The number of ether oxygens (including phenoxy) is 3. The van der Waals surface area contributed by atoms with Crippen LogP contribution in [0.1, 0.15) is 19.4 Å². The zero-order valence-corrected chi connectivity index (χ0v) is 14.8. The Hall–Kier alpha value is -1.17. The van der Waals surface area contributed by atoms with Gasteiger partial charge in [-0.3, -0.25) is 4.90 Å². The molecule has 0 bridgehead atoms. The molecule has 0 aromatic heterocycles. The molecule has 126 valence electrons. The van der Waals surface area contributed by atoms with Crippen LogP contribution < -0.4 is 19.5 Å². The molecule has 1 saturated heterocycles. The van der Waals surface area contributed by atoms with E-state index in [9.17, 15) is 0 Å². The Morgan fingerprint density at radius 2 is 1.45 bits per heavy atom. The zero-order valence-electron chi connectivity index (χ0n) is 14.0. The van der Waals surface area contributed by atoms with Gasteiger partial charge in [0.2, 0.25) is 0 Å². The van der Waals surface area contributed by atoms with Crippen LogP contribution in [0.5, 0.6) is 17.2 Å². The molecule has 1 aromatic rings. The minimum atomic E-state index is 0. The van der Waals surface area contributed by atoms with Crippen LogP contribution in [0.25, 0.3) is 0 Å². The summed E-state index contributed by atoms with van der Waals surface area (Å²) in [6.45, 7) is 7.34. The van der Waals surface area contributed by atoms with E-state index in [2.05, 4.69) is 24.1 Å². The maximum Gasteiger partial charge on any atom is 0.164 e. The van der Waals surface area contributed by atoms with Gasteiger partial charge in [-0.15, -0.1) is 12.4 Å². The first kappa shape index (κ1) is 18.9. The summed E-state index contributed by atoms with van der Waals surface area (Å²) in [6.07, 6.45) is 0. The molecule has 1 heterocycles. The lowest BCUT2D eigenvalue weighted by Gasteiger charge is -2.36. The normalized spacial score (nSPS) is 21.9. The summed E-state index contributed by atoms with van der Waals surface area (Å²) in [5.41, 5.74) is 1.12. The van der Waals surface area contributed by atoms with Crippen LogP contribution in [0, 0.1) is 0 Å². The molecule has 0 radical (unpaired) electrons. The molecule has 6 heteroatoms. The third kappa shape index (κ3) is 4.41. The van der Waals surface area contributed by atoms with Crippen LogP contribution in [0.2, 0.25) is 0 Å². The molecule has 2 unspecified atom stereocenters. The lowest BCUT2D eigenvalue weighted by Crippen LogP contribution is -2.53. The first-order chi connectivity index (χ1) is 10.1. The number of nitrogens with zero attached hydrogens (tertiary/aromatic N) is 1. The Balaban J connectivity index is 0.00000242. The third-order valence-corrected chi connectivity index (χ3v) is 3.81. The molecule has 0 spiro atoms. The fraction of sp³-hybridized carbons (Fsp3) is 0.625. The Kier molecular flexibility index (Phi) is 7.26. The van der Waals surface area contributed by atoms with Gasteiger partial charge in [-0.25, -0.2) is 0 Å². The van der Waals surface area contributed by atoms with Crippen LogP contribution in [0.4, 0.5) is 0 Å². The number of benzene rings is 1. The highest BCUT2D eigenvalue weighted by Crippen LogP contribution is 2.35. The van der Waals surface area contributed by atoms with Gasteiger partial charge in [0, 0.05) is 43.3 Å². The standard InChI is InChI=1S/C16H26N2O3.ClH/c1-11-8-18(9-12(2)17-11)10-13-6-15(20-4)16(21-5)7-14(13)19-3;/h6-7,11-12,17H,8-10H2,1-5H3;1H. The summed E-state index contributed by atoms with van der Waals surface area (Å²) in [6, 6.07) is 4.90. The lowest BCUT2D eigenvalue weighted by atomic mass is 10.1. The number of nitrogens with one attached hydrogen (secondary N) is 1. The molecular weight excluding hydrogens is 304 g/mol. The zero-order chi connectivity index (χ0) is 15.4. The molecule has 0 amide bonds. The average molecular weight is 331 g/mol. The van der Waals surface area contributed by atoms with Crippen molar-refractivity contribution >= 4 is 12.4 Å². The predicted octanol–water partition coefficient (Wildman–Crippen LogP) is 2.32. The van der Waals surface area contributed by atoms with Gasteiger partial charge in [0.15, 0.2) is 11.5 Å². The fourth-order valence-corrected chi connectivity index (χ4v) is 3.03. The second-order valence-electron chi connectivity index (χ2n) is 5.68. The highest BCUT2D eigenvalue weighted by atomic mass is 35.5. The molecule has 2 atom stereocenters. The molecule has 1 N–H and O–H groups in total. The van der Waals surface area contributed by atoms with Crippen molar-refractivity contribution in [3.63, 3.8) is 0 Å². The molecule has 22 heavy (non-hydrogen) atoms. The first-order valence-electron chi connectivity index (χ1n) is 7.34. The number of hydrogen-bond donors (Lipinski definition) is 1. The topological polar surface area (TPSA) is 43.0 Å². The molecule has 0 saturated carbocycles. The van der Waals surface area contributed by atoms with Crippen molar-refractivity contribution in [3.05, 3.63) is 17.7 Å². The summed E-state index contributed by atoms with van der Waals surface area (Å²) in [4.78, 5) is 2.44. The van der Waals surface area contributed by atoms with Gasteiger partial charge < -0.3 is 19.5 Å². The minimum Gasteiger partial charge on any atom is -0.496 e.